The van der Waals surface area contributed by atoms with E-state index in [2.05, 4.69) is 20.9 Å². The number of fused-ring (bicyclic) bond motifs is 1. The molecule has 1 aromatic heterocycles. The van der Waals surface area contributed by atoms with E-state index in [1.807, 2.05) is 30.3 Å². The van der Waals surface area contributed by atoms with Gasteiger partial charge in [0.25, 0.3) is 0 Å². The average Bonchev–Trinajstić information content (AvgIpc) is 3.18. The highest BCUT2D eigenvalue weighted by atomic mass is 35.5. The van der Waals surface area contributed by atoms with E-state index in [0.717, 1.165) is 29.7 Å². The summed E-state index contributed by atoms with van der Waals surface area (Å²) >= 11 is 5.96. The summed E-state index contributed by atoms with van der Waals surface area (Å²) in [6, 6.07) is 10.4. The Hall–Kier alpha value is -2.64. The number of anilines is 1. The van der Waals surface area contributed by atoms with Gasteiger partial charge in [-0.3, -0.25) is 9.59 Å². The molecule has 2 atom stereocenters. The van der Waals surface area contributed by atoms with Crippen molar-refractivity contribution < 1.29 is 14.3 Å². The lowest BCUT2D eigenvalue weighted by Gasteiger charge is -2.27. The van der Waals surface area contributed by atoms with Crippen LogP contribution in [0.2, 0.25) is 5.15 Å². The lowest BCUT2D eigenvalue weighted by molar-refractivity contribution is -0.130. The number of ether oxygens (including phenoxy) is 1. The zero-order valence-electron chi connectivity index (χ0n) is 16.6. The highest BCUT2D eigenvalue weighted by molar-refractivity contribution is 6.29. The van der Waals surface area contributed by atoms with Crippen molar-refractivity contribution in [2.24, 2.45) is 0 Å². The van der Waals surface area contributed by atoms with Crippen molar-refractivity contribution >= 4 is 29.1 Å². The van der Waals surface area contributed by atoms with Crippen LogP contribution in [-0.2, 0) is 27.2 Å². The van der Waals surface area contributed by atoms with Gasteiger partial charge >= 0.3 is 0 Å². The lowest BCUT2D eigenvalue weighted by atomic mass is 10.0. The Balaban J connectivity index is 1.43. The number of rotatable bonds is 6. The number of halogens is 1. The van der Waals surface area contributed by atoms with E-state index in [-0.39, 0.29) is 17.9 Å². The van der Waals surface area contributed by atoms with Crippen LogP contribution in [0.15, 0.2) is 42.6 Å². The number of carbonyl (C=O) groups is 2. The van der Waals surface area contributed by atoms with Gasteiger partial charge in [0.15, 0.2) is 0 Å². The molecule has 2 aromatic rings. The van der Waals surface area contributed by atoms with Crippen LogP contribution in [0.5, 0.6) is 0 Å². The number of nitrogens with one attached hydrogen (secondary N) is 3. The monoisotopic (exact) mass is 428 g/mol. The zero-order valence-corrected chi connectivity index (χ0v) is 17.3. The summed E-state index contributed by atoms with van der Waals surface area (Å²) in [6.07, 6.45) is 4.12. The van der Waals surface area contributed by atoms with Gasteiger partial charge < -0.3 is 20.7 Å². The van der Waals surface area contributed by atoms with Crippen LogP contribution >= 0.6 is 11.6 Å². The van der Waals surface area contributed by atoms with Gasteiger partial charge in [0.1, 0.15) is 17.2 Å². The quantitative estimate of drug-likeness (QED) is 0.613. The Kier molecular flexibility index (Phi) is 6.50. The second-order valence-electron chi connectivity index (χ2n) is 7.71. The summed E-state index contributed by atoms with van der Waals surface area (Å²) in [5, 5.41) is 9.59. The van der Waals surface area contributed by atoms with E-state index in [9.17, 15) is 9.59 Å². The predicted molar refractivity (Wildman–Crippen MR) is 114 cm³/mol. The first-order valence-corrected chi connectivity index (χ1v) is 10.6. The molecule has 0 aliphatic carbocycles. The molecular formula is C22H25ClN4O3. The number of benzene rings is 1. The van der Waals surface area contributed by atoms with Crippen LogP contribution in [0.1, 0.15) is 24.0 Å². The molecule has 2 aliphatic rings. The smallest absolute Gasteiger partial charge is 0.243 e. The summed E-state index contributed by atoms with van der Waals surface area (Å²) in [5.74, 6) is -0.385. The average molecular weight is 429 g/mol. The maximum absolute atomic E-state index is 13.0. The van der Waals surface area contributed by atoms with Crippen molar-refractivity contribution in [3.05, 3.63) is 58.9 Å². The van der Waals surface area contributed by atoms with Crippen LogP contribution in [-0.4, -0.2) is 48.1 Å². The minimum Gasteiger partial charge on any atom is -0.381 e. The molecule has 0 bridgehead atoms. The Morgan fingerprint density at radius 2 is 2.00 bits per heavy atom. The van der Waals surface area contributed by atoms with Crippen LogP contribution < -0.4 is 16.0 Å². The molecule has 158 valence electrons. The third kappa shape index (κ3) is 5.09. The second-order valence-corrected chi connectivity index (χ2v) is 8.10. The molecule has 1 saturated heterocycles. The molecule has 2 aliphatic heterocycles. The van der Waals surface area contributed by atoms with E-state index in [0.29, 0.717) is 31.2 Å². The Labute approximate surface area is 180 Å². The first kappa shape index (κ1) is 20.6. The highest BCUT2D eigenvalue weighted by Gasteiger charge is 2.31. The van der Waals surface area contributed by atoms with Gasteiger partial charge in [0, 0.05) is 32.1 Å². The summed E-state index contributed by atoms with van der Waals surface area (Å²) < 4.78 is 5.36. The van der Waals surface area contributed by atoms with E-state index in [1.54, 1.807) is 12.3 Å². The third-order valence-electron chi connectivity index (χ3n) is 5.51. The van der Waals surface area contributed by atoms with Gasteiger partial charge in [0.2, 0.25) is 11.8 Å². The summed E-state index contributed by atoms with van der Waals surface area (Å²) in [7, 11) is 0. The molecule has 0 saturated carbocycles. The molecule has 0 radical (unpaired) electrons. The topological polar surface area (TPSA) is 92.4 Å². The normalized spacial score (nSPS) is 19.4. The Morgan fingerprint density at radius 3 is 2.77 bits per heavy atom. The molecule has 3 N–H and O–H groups in total. The number of nitrogens with zero attached hydrogens (tertiary/aromatic N) is 1. The predicted octanol–water partition coefficient (Wildman–Crippen LogP) is 2.09. The summed E-state index contributed by atoms with van der Waals surface area (Å²) in [5.41, 5.74) is 2.73. The SMILES string of the molecule is O=C(N[C@@H](Cc1ccccc1)C(=O)NC1CCOCC1)C1Cc2cc(Cl)ncc2N1. The molecule has 1 unspecified atom stereocenters. The Morgan fingerprint density at radius 1 is 1.23 bits per heavy atom. The zero-order chi connectivity index (χ0) is 20.9. The first-order valence-electron chi connectivity index (χ1n) is 10.2. The third-order valence-corrected chi connectivity index (χ3v) is 5.72. The largest absolute Gasteiger partial charge is 0.381 e. The van der Waals surface area contributed by atoms with Crippen LogP contribution in [0.25, 0.3) is 0 Å². The highest BCUT2D eigenvalue weighted by Crippen LogP contribution is 2.27. The molecule has 30 heavy (non-hydrogen) atoms. The molecular weight excluding hydrogens is 404 g/mol. The van der Waals surface area contributed by atoms with Crippen molar-refractivity contribution in [1.82, 2.24) is 15.6 Å². The van der Waals surface area contributed by atoms with Crippen LogP contribution in [0.3, 0.4) is 0 Å². The van der Waals surface area contributed by atoms with E-state index in [4.69, 9.17) is 16.3 Å². The van der Waals surface area contributed by atoms with Crippen LogP contribution in [0.4, 0.5) is 5.69 Å². The van der Waals surface area contributed by atoms with Crippen molar-refractivity contribution in [3.8, 4) is 0 Å². The number of amides is 2. The minimum atomic E-state index is -0.657. The fraction of sp³-hybridized carbons (Fsp3) is 0.409. The van der Waals surface area contributed by atoms with Gasteiger partial charge in [-0.25, -0.2) is 4.98 Å². The molecule has 1 aromatic carbocycles. The van der Waals surface area contributed by atoms with Gasteiger partial charge in [0.05, 0.1) is 11.9 Å². The second kappa shape index (κ2) is 9.45. The molecule has 7 nitrogen and oxygen atoms in total. The van der Waals surface area contributed by atoms with Gasteiger partial charge in [-0.2, -0.15) is 0 Å². The number of aromatic nitrogens is 1. The summed E-state index contributed by atoms with van der Waals surface area (Å²) in [4.78, 5) is 30.0. The van der Waals surface area contributed by atoms with E-state index < -0.39 is 12.1 Å². The number of carbonyl (C=O) groups excluding carboxylic acids is 2. The van der Waals surface area contributed by atoms with E-state index in [1.165, 1.54) is 0 Å². The maximum Gasteiger partial charge on any atom is 0.243 e. The van der Waals surface area contributed by atoms with Gasteiger partial charge in [-0.1, -0.05) is 41.9 Å². The molecule has 8 heteroatoms. The van der Waals surface area contributed by atoms with Crippen molar-refractivity contribution in [1.29, 1.82) is 0 Å². The minimum absolute atomic E-state index is 0.0727. The molecule has 0 spiro atoms. The number of hydrogen-bond acceptors (Lipinski definition) is 5. The molecule has 4 rings (SSSR count). The molecule has 3 heterocycles. The molecule has 1 fully saturated rings. The molecule has 2 amide bonds. The Bertz CT molecular complexity index is 903. The number of hydrogen-bond donors (Lipinski definition) is 3. The standard InChI is InChI=1S/C22H25ClN4O3/c23-20-12-15-11-18(26-19(15)13-24-20)22(29)27-17(10-14-4-2-1-3-5-14)21(28)25-16-6-8-30-9-7-16/h1-5,12-13,16-18,26H,6-11H2,(H,25,28)(H,27,29)/t17-,18?/m0/s1. The van der Waals surface area contributed by atoms with Crippen molar-refractivity contribution in [2.75, 3.05) is 18.5 Å². The summed E-state index contributed by atoms with van der Waals surface area (Å²) in [6.45, 7) is 1.28. The first-order chi connectivity index (χ1) is 14.6. The number of pyridine rings is 1. The maximum atomic E-state index is 13.0. The fourth-order valence-electron chi connectivity index (χ4n) is 3.86. The van der Waals surface area contributed by atoms with Gasteiger partial charge in [-0.15, -0.1) is 0 Å². The van der Waals surface area contributed by atoms with Gasteiger partial charge in [-0.05, 0) is 30.0 Å². The fourth-order valence-corrected chi connectivity index (χ4v) is 4.04. The van der Waals surface area contributed by atoms with Crippen molar-refractivity contribution in [3.63, 3.8) is 0 Å². The van der Waals surface area contributed by atoms with E-state index >= 15 is 0 Å². The lowest BCUT2D eigenvalue weighted by Crippen LogP contribution is -2.54. The van der Waals surface area contributed by atoms with Crippen molar-refractivity contribution in [2.45, 2.75) is 43.8 Å². The van der Waals surface area contributed by atoms with Crippen LogP contribution in [0, 0.1) is 0 Å².